The number of rotatable bonds is 5. The maximum Gasteiger partial charge on any atom is 0.0450 e. The molecule has 0 N–H and O–H groups in total. The fourth-order valence-corrected chi connectivity index (χ4v) is 2.54. The Balaban J connectivity index is 2.61. The van der Waals surface area contributed by atoms with Crippen molar-refractivity contribution in [1.29, 1.82) is 0 Å². The van der Waals surface area contributed by atoms with Crippen LogP contribution in [0.4, 0.5) is 0 Å². The molecule has 0 amide bonds. The normalized spacial score (nSPS) is 11.2. The Morgan fingerprint density at radius 2 is 1.52 bits per heavy atom. The van der Waals surface area contributed by atoms with E-state index in [0.29, 0.717) is 0 Å². The number of terminal acetylenes is 1. The molecule has 0 nitrogen and oxygen atoms in total. The van der Waals surface area contributed by atoms with Crippen LogP contribution in [-0.2, 0) is 0 Å². The number of hydrogen-bond donors (Lipinski definition) is 0. The molecule has 104 valence electrons. The van der Waals surface area contributed by atoms with E-state index in [1.165, 1.54) is 22.3 Å². The van der Waals surface area contributed by atoms with Gasteiger partial charge in [-0.2, -0.15) is 0 Å². The molecule has 0 fully saturated rings. The van der Waals surface area contributed by atoms with Crippen LogP contribution in [0.5, 0.6) is 0 Å². The molecule has 1 atom stereocenters. The van der Waals surface area contributed by atoms with Gasteiger partial charge in [0.1, 0.15) is 0 Å². The van der Waals surface area contributed by atoms with Crippen molar-refractivity contribution in [1.82, 2.24) is 0 Å². The predicted octanol–water partition coefficient (Wildman–Crippen LogP) is 5.33. The first-order chi connectivity index (χ1) is 10.3. The van der Waals surface area contributed by atoms with E-state index in [9.17, 15) is 0 Å². The molecule has 0 aliphatic rings. The van der Waals surface area contributed by atoms with E-state index in [-0.39, 0.29) is 5.92 Å². The lowest BCUT2D eigenvalue weighted by Crippen LogP contribution is -2.02. The summed E-state index contributed by atoms with van der Waals surface area (Å²) in [4.78, 5) is 0. The first kappa shape index (κ1) is 14.9. The summed E-state index contributed by atoms with van der Waals surface area (Å²) in [5, 5.41) is 0. The molecule has 1 unspecified atom stereocenters. The SMILES string of the molecule is C#CC(CC=C)C(C)=C(c1ccccc1)c1ccccc1. The zero-order valence-corrected chi connectivity index (χ0v) is 12.4. The van der Waals surface area contributed by atoms with Crippen molar-refractivity contribution < 1.29 is 0 Å². The van der Waals surface area contributed by atoms with Crippen LogP contribution in [0, 0.1) is 18.3 Å². The van der Waals surface area contributed by atoms with Gasteiger partial charge in [0.25, 0.3) is 0 Å². The standard InChI is InChI=1S/C21H20/c1-4-12-18(5-2)17(3)21(19-13-8-6-9-14-19)20-15-10-7-11-16-20/h2,4,6-11,13-16,18H,1,12H2,3H3. The highest BCUT2D eigenvalue weighted by Crippen LogP contribution is 2.31. The Bertz CT molecular complexity index is 613. The van der Waals surface area contributed by atoms with Crippen molar-refractivity contribution in [3.63, 3.8) is 0 Å². The second-order valence-electron chi connectivity index (χ2n) is 5.03. The molecule has 0 bridgehead atoms. The predicted molar refractivity (Wildman–Crippen MR) is 91.7 cm³/mol. The topological polar surface area (TPSA) is 0 Å². The molecule has 0 heterocycles. The third-order valence-electron chi connectivity index (χ3n) is 3.65. The monoisotopic (exact) mass is 272 g/mol. The largest absolute Gasteiger partial charge is 0.119 e. The third kappa shape index (κ3) is 3.52. The molecule has 21 heavy (non-hydrogen) atoms. The van der Waals surface area contributed by atoms with Crippen molar-refractivity contribution in [3.05, 3.63) is 90.0 Å². The average Bonchev–Trinajstić information content (AvgIpc) is 2.55. The first-order valence-corrected chi connectivity index (χ1v) is 7.16. The lowest BCUT2D eigenvalue weighted by atomic mass is 9.86. The summed E-state index contributed by atoms with van der Waals surface area (Å²) >= 11 is 0. The van der Waals surface area contributed by atoms with Gasteiger partial charge in [-0.15, -0.1) is 13.0 Å². The molecule has 0 aliphatic heterocycles. The van der Waals surface area contributed by atoms with Crippen LogP contribution in [0.3, 0.4) is 0 Å². The fourth-order valence-electron chi connectivity index (χ4n) is 2.54. The Morgan fingerprint density at radius 1 is 1.05 bits per heavy atom. The Morgan fingerprint density at radius 3 is 1.90 bits per heavy atom. The molecule has 0 radical (unpaired) electrons. The van der Waals surface area contributed by atoms with Crippen LogP contribution in [-0.4, -0.2) is 0 Å². The summed E-state index contributed by atoms with van der Waals surface area (Å²) in [6, 6.07) is 20.8. The van der Waals surface area contributed by atoms with Gasteiger partial charge in [0.15, 0.2) is 0 Å². The van der Waals surface area contributed by atoms with Crippen molar-refractivity contribution >= 4 is 5.57 Å². The Kier molecular flexibility index (Phi) is 5.18. The van der Waals surface area contributed by atoms with Gasteiger partial charge >= 0.3 is 0 Å². The van der Waals surface area contributed by atoms with Crippen LogP contribution in [0.25, 0.3) is 5.57 Å². The Hall–Kier alpha value is -2.52. The van der Waals surface area contributed by atoms with Crippen molar-refractivity contribution in [3.8, 4) is 12.3 Å². The minimum absolute atomic E-state index is 0.0814. The van der Waals surface area contributed by atoms with Crippen molar-refractivity contribution in [2.24, 2.45) is 5.92 Å². The summed E-state index contributed by atoms with van der Waals surface area (Å²) in [7, 11) is 0. The maximum atomic E-state index is 5.72. The summed E-state index contributed by atoms with van der Waals surface area (Å²) in [5.41, 5.74) is 4.84. The molecule has 0 aliphatic carbocycles. The highest BCUT2D eigenvalue weighted by atomic mass is 14.2. The molecule has 0 spiro atoms. The number of allylic oxidation sites excluding steroid dienone is 2. The summed E-state index contributed by atoms with van der Waals surface area (Å²) in [6.07, 6.45) is 8.41. The lowest BCUT2D eigenvalue weighted by Gasteiger charge is -2.17. The van der Waals surface area contributed by atoms with Gasteiger partial charge in [-0.3, -0.25) is 0 Å². The minimum atomic E-state index is 0.0814. The van der Waals surface area contributed by atoms with Gasteiger partial charge in [0, 0.05) is 5.92 Å². The van der Waals surface area contributed by atoms with E-state index in [0.717, 1.165) is 6.42 Å². The first-order valence-electron chi connectivity index (χ1n) is 7.16. The quantitative estimate of drug-likeness (QED) is 0.509. The van der Waals surface area contributed by atoms with Crippen LogP contribution in [0.1, 0.15) is 24.5 Å². The number of benzene rings is 2. The maximum absolute atomic E-state index is 5.72. The van der Waals surface area contributed by atoms with E-state index in [1.54, 1.807) is 0 Å². The second kappa shape index (κ2) is 7.31. The molecule has 0 heteroatoms. The van der Waals surface area contributed by atoms with Gasteiger partial charge in [0.2, 0.25) is 0 Å². The molecule has 2 rings (SSSR count). The molecule has 2 aromatic carbocycles. The van der Waals surface area contributed by atoms with Crippen LogP contribution >= 0.6 is 0 Å². The molecular weight excluding hydrogens is 252 g/mol. The zero-order valence-electron chi connectivity index (χ0n) is 12.4. The van der Waals surface area contributed by atoms with E-state index >= 15 is 0 Å². The highest BCUT2D eigenvalue weighted by molar-refractivity contribution is 5.82. The number of hydrogen-bond acceptors (Lipinski definition) is 0. The van der Waals surface area contributed by atoms with E-state index in [1.807, 2.05) is 18.2 Å². The fraction of sp³-hybridized carbons (Fsp3) is 0.143. The van der Waals surface area contributed by atoms with Gasteiger partial charge in [-0.25, -0.2) is 0 Å². The zero-order chi connectivity index (χ0) is 15.1. The van der Waals surface area contributed by atoms with Crippen LogP contribution < -0.4 is 0 Å². The highest BCUT2D eigenvalue weighted by Gasteiger charge is 2.14. The van der Waals surface area contributed by atoms with Crippen molar-refractivity contribution in [2.45, 2.75) is 13.3 Å². The summed E-state index contributed by atoms with van der Waals surface area (Å²) < 4.78 is 0. The lowest BCUT2D eigenvalue weighted by molar-refractivity contribution is 0.808. The van der Waals surface area contributed by atoms with E-state index in [4.69, 9.17) is 6.42 Å². The summed E-state index contributed by atoms with van der Waals surface area (Å²) in [6.45, 7) is 5.95. The average molecular weight is 272 g/mol. The van der Waals surface area contributed by atoms with E-state index in [2.05, 4.69) is 68.0 Å². The molecule has 2 aromatic rings. The van der Waals surface area contributed by atoms with Crippen LogP contribution in [0.2, 0.25) is 0 Å². The molecule has 0 saturated carbocycles. The van der Waals surface area contributed by atoms with Gasteiger partial charge in [-0.1, -0.05) is 72.7 Å². The van der Waals surface area contributed by atoms with Gasteiger partial charge < -0.3 is 0 Å². The summed E-state index contributed by atoms with van der Waals surface area (Å²) in [5.74, 6) is 2.98. The van der Waals surface area contributed by atoms with Crippen molar-refractivity contribution in [2.75, 3.05) is 0 Å². The van der Waals surface area contributed by atoms with E-state index < -0.39 is 0 Å². The van der Waals surface area contributed by atoms with Gasteiger partial charge in [-0.05, 0) is 35.6 Å². The smallest absolute Gasteiger partial charge is 0.0450 e. The molecule has 0 aromatic heterocycles. The molecular formula is C21H20. The van der Waals surface area contributed by atoms with Gasteiger partial charge in [0.05, 0.1) is 0 Å². The Labute approximate surface area is 127 Å². The van der Waals surface area contributed by atoms with Crippen LogP contribution in [0.15, 0.2) is 78.9 Å². The third-order valence-corrected chi connectivity index (χ3v) is 3.65. The second-order valence-corrected chi connectivity index (χ2v) is 5.03. The minimum Gasteiger partial charge on any atom is -0.119 e. The molecule has 0 saturated heterocycles.